The van der Waals surface area contributed by atoms with Crippen molar-refractivity contribution in [2.24, 2.45) is 0 Å². The molecule has 150 heavy (non-hydrogen) atoms. The summed E-state index contributed by atoms with van der Waals surface area (Å²) in [6.07, 6.45) is 9.41. The number of hydrogen-bond acceptors (Lipinski definition) is 16. The Hall–Kier alpha value is -14.5. The Morgan fingerprint density at radius 2 is 0.820 bits per heavy atom. The van der Waals surface area contributed by atoms with Gasteiger partial charge in [0.05, 0.1) is 83.9 Å². The van der Waals surface area contributed by atoms with Gasteiger partial charge in [0.15, 0.2) is 34.5 Å². The van der Waals surface area contributed by atoms with Crippen LogP contribution in [0.5, 0.6) is 40.2 Å². The number of aromatic amines is 3. The second-order valence-corrected chi connectivity index (χ2v) is 45.2. The van der Waals surface area contributed by atoms with Gasteiger partial charge < -0.3 is 104 Å². The number of aliphatic hydroxyl groups excluding tert-OH is 4. The topological polar surface area (TPSA) is 348 Å². The maximum atomic E-state index is 15.2. The van der Waals surface area contributed by atoms with Crippen LogP contribution in [0.25, 0.3) is 54.5 Å². The highest BCUT2D eigenvalue weighted by molar-refractivity contribution is 6.07. The molecule has 0 saturated heterocycles. The van der Waals surface area contributed by atoms with E-state index in [1.54, 1.807) is 19.2 Å². The summed E-state index contributed by atoms with van der Waals surface area (Å²) in [4.78, 5) is 76.6. The number of amides is 5. The number of carbonyl (C=O) groups is 5. The molecule has 8 heterocycles. The summed E-state index contributed by atoms with van der Waals surface area (Å²) in [6.45, 7) is 23.5. The highest BCUT2D eigenvalue weighted by atomic mass is 19.3. The van der Waals surface area contributed by atoms with Gasteiger partial charge in [-0.3, -0.25) is 24.0 Å². The third-order valence-corrected chi connectivity index (χ3v) is 31.6. The normalized spacial score (nSPS) is 17.5. The Morgan fingerprint density at radius 1 is 0.413 bits per heavy atom. The van der Waals surface area contributed by atoms with Gasteiger partial charge in [0, 0.05) is 139 Å². The number of carbonyl (C=O) groups excluding carboxylic acids is 5. The molecule has 10 aromatic carbocycles. The minimum Gasteiger partial charge on any atom is -0.497 e. The summed E-state index contributed by atoms with van der Waals surface area (Å²) < 4.78 is 81.8. The molecule has 0 spiro atoms. The number of rotatable bonds is 23. The molecule has 0 radical (unpaired) electrons. The molecular formula is C121H147F3N10O16. The Labute approximate surface area is 880 Å². The number of H-pyrrole nitrogens is 3. The number of alkyl halides is 2. The quantitative estimate of drug-likeness (QED) is 0.0283. The summed E-state index contributed by atoms with van der Waals surface area (Å²) in [5.74, 6) is 2.59. The number of fused-ring (bicyclic) bond motifs is 8. The first-order valence-electron chi connectivity index (χ1n) is 52.0. The molecule has 5 amide bonds. The fraction of sp³-hybridized carbons (Fsp3) is 0.380. The van der Waals surface area contributed by atoms with Crippen molar-refractivity contribution < 1.29 is 102 Å². The van der Waals surface area contributed by atoms with Crippen molar-refractivity contribution in [2.45, 2.75) is 253 Å². The Balaban J connectivity index is 0.000000173. The smallest absolute Gasteiger partial charge is 0.497 e. The molecule has 0 unspecified atom stereocenters. The summed E-state index contributed by atoms with van der Waals surface area (Å²) in [5, 5.41) is 59.4. The molecule has 26 nitrogen and oxygen atoms in total. The Morgan fingerprint density at radius 3 is 1.27 bits per heavy atom. The zero-order valence-corrected chi connectivity index (χ0v) is 86.8. The predicted octanol–water partition coefficient (Wildman–Crippen LogP) is 25.7. The molecule has 1 atom stereocenters. The van der Waals surface area contributed by atoms with Gasteiger partial charge in [0.1, 0.15) is 11.6 Å². The highest BCUT2D eigenvalue weighted by Crippen LogP contribution is 2.57. The van der Waals surface area contributed by atoms with Crippen LogP contribution in [0, 0.1) is 12.7 Å². The molecule has 798 valence electrons. The van der Waals surface area contributed by atoms with Gasteiger partial charge in [-0.1, -0.05) is 156 Å². The van der Waals surface area contributed by atoms with E-state index in [1.807, 2.05) is 150 Å². The number of benzene rings is 10. The first-order valence-corrected chi connectivity index (χ1v) is 52.0. The Bertz CT molecular complexity index is 7720. The molecule has 5 aromatic heterocycles. The SMILES string of the molecule is CC(C)(C)c1cc2cc(NC(=O)C3(c4ccc5c(c4)OCO5)CC3)ccc2n1C(CO)CO.CC(C)(C)c1cc2cc(NC(=O)C3(c4ccccc4)CCCC3)ccc2[nH]1.CC1(c2cc3cc(NC(=O)C4(c5ccc6c(c5)OC(F)(F)O6)CC4)c(F)cc3n2C[C@H](O)CO)CC1.COc1ccc(C2(C(=O)Nc3ccc4[nH]c(C(C)(C)C)cc4c3)CCCC2)cc1.Cc1cc2cc(NC(=O)C3(c4ccc5c(c4)OCO5)CC3)ccc2[nH]1.[HH].[HH].[HH].[HH].[HH].[HH].[HH].[HH]. The standard InChI is InChI=1S/C26H25F3N2O5.C26H30N2O5.C25H30N2O2.C24H28N2O.C20H18N2O3.8H2/c1-24(4-5-24)22-9-14-8-18(17(27)11-19(14)31(22)12-16(33)13-32)30-23(34)25(6-7-25)15-2-3-20-21(10-15)36-26(28,29)35-20;1-25(2,3)23-11-16-10-18(5-6-20(16)28(23)19(13-29)14-30)27-24(31)26(8-9-26)17-4-7-21-22(12-17)33-15-32-21;1-24(2,3)22-16-17-15-19(9-12-21(17)27-22)26-23(28)25(13-5-6-14-25)18-7-10-20(29-4)11-8-18;1-23(2,3)21-16-17-15-19(11-12-20(17)26-21)25-22(27)24(13-7-8-14-24)18-9-5-4-6-10-18;1-12-8-13-9-15(3-4-16(13)21-12)22-19(23)20(6-7-20)14-2-5-17-18(10-14)25-11-24-17;;;;;;;;/h2-3,8-11,16,32-33H,4-7,12-13H2,1H3,(H,30,34);4-7,10-12,19,29-30H,8-9,13-15H2,1-3H3,(H,27,31);7-12,15-16,27H,5-6,13-14H2,1-4H3,(H,26,28);4-6,9-12,15-16,26H,7-8,13-14H2,1-3H3,(H,25,27);2-5,8-10,21H,6-7,11H2,1H3,(H,22,23);8*1H/t16-;;;;;;;;;;;;/m0............/s1. The van der Waals surface area contributed by atoms with E-state index in [4.69, 9.17) is 23.7 Å². The first kappa shape index (κ1) is 103. The fourth-order valence-corrected chi connectivity index (χ4v) is 22.0. The van der Waals surface area contributed by atoms with Crippen molar-refractivity contribution in [1.82, 2.24) is 24.1 Å². The van der Waals surface area contributed by atoms with E-state index in [0.29, 0.717) is 40.8 Å². The van der Waals surface area contributed by atoms with Crippen LogP contribution in [-0.4, -0.2) is 127 Å². The van der Waals surface area contributed by atoms with E-state index in [-0.39, 0.29) is 107 Å². The number of methoxy groups -OCH3 is 1. The third kappa shape index (κ3) is 20.4. The maximum Gasteiger partial charge on any atom is 0.586 e. The molecule has 6 fully saturated rings. The zero-order chi connectivity index (χ0) is 106. The van der Waals surface area contributed by atoms with Gasteiger partial charge in [-0.2, -0.15) is 0 Å². The molecule has 15 aromatic rings. The number of hydrogen-bond donors (Lipinski definition) is 12. The Kier molecular flexibility index (Phi) is 27.2. The van der Waals surface area contributed by atoms with Gasteiger partial charge in [-0.15, -0.1) is 8.78 Å². The van der Waals surface area contributed by atoms with Crippen LogP contribution in [0.3, 0.4) is 0 Å². The molecule has 29 heteroatoms. The lowest BCUT2D eigenvalue weighted by Gasteiger charge is -2.28. The van der Waals surface area contributed by atoms with Crippen LogP contribution >= 0.6 is 0 Å². The molecule has 6 aliphatic carbocycles. The minimum absolute atomic E-state index is 0. The number of nitrogens with zero attached hydrogens (tertiary/aromatic N) is 2. The van der Waals surface area contributed by atoms with E-state index in [0.717, 1.165) is 213 Å². The lowest BCUT2D eigenvalue weighted by Crippen LogP contribution is -2.37. The molecule has 9 aliphatic rings. The molecule has 12 N–H and O–H groups in total. The van der Waals surface area contributed by atoms with Crippen molar-refractivity contribution in [3.8, 4) is 40.2 Å². The van der Waals surface area contributed by atoms with Crippen LogP contribution in [0.4, 0.5) is 41.6 Å². The molecule has 6 saturated carbocycles. The van der Waals surface area contributed by atoms with Crippen molar-refractivity contribution in [3.05, 3.63) is 287 Å². The summed E-state index contributed by atoms with van der Waals surface area (Å²) in [7, 11) is 1.66. The molecular weight excluding hydrogens is 1910 g/mol. The predicted molar refractivity (Wildman–Crippen MR) is 593 cm³/mol. The monoisotopic (exact) mass is 2050 g/mol. The third-order valence-electron chi connectivity index (χ3n) is 31.6. The first-order chi connectivity index (χ1) is 71.6. The molecule has 24 rings (SSSR count). The second kappa shape index (κ2) is 39.8. The number of ether oxygens (including phenoxy) is 7. The van der Waals surface area contributed by atoms with Crippen LogP contribution in [0.1, 0.15) is 246 Å². The van der Waals surface area contributed by atoms with Crippen molar-refractivity contribution >= 4 is 112 Å². The van der Waals surface area contributed by atoms with Crippen molar-refractivity contribution in [1.29, 1.82) is 0 Å². The zero-order valence-electron chi connectivity index (χ0n) is 86.8. The number of aromatic nitrogens is 5. The largest absolute Gasteiger partial charge is 0.586 e. The van der Waals surface area contributed by atoms with Gasteiger partial charge in [-0.05, 0) is 270 Å². The van der Waals surface area contributed by atoms with Crippen LogP contribution in [0.15, 0.2) is 224 Å². The van der Waals surface area contributed by atoms with E-state index in [2.05, 4.69) is 181 Å². The number of halogens is 3. The van der Waals surface area contributed by atoms with Crippen LogP contribution < -0.4 is 59.7 Å². The van der Waals surface area contributed by atoms with Crippen molar-refractivity contribution in [2.75, 3.05) is 67.1 Å². The number of nitrogens with one attached hydrogen (secondary N) is 8. The fourth-order valence-electron chi connectivity index (χ4n) is 22.0. The summed E-state index contributed by atoms with van der Waals surface area (Å²) >= 11 is 0. The lowest BCUT2D eigenvalue weighted by atomic mass is 9.78. The summed E-state index contributed by atoms with van der Waals surface area (Å²) in [5.41, 5.74) is 15.2. The minimum atomic E-state index is -3.75. The molecule has 3 aliphatic heterocycles. The van der Waals surface area contributed by atoms with Gasteiger partial charge in [-0.25, -0.2) is 4.39 Å². The summed E-state index contributed by atoms with van der Waals surface area (Å²) in [6, 6.07) is 70.9. The second-order valence-electron chi connectivity index (χ2n) is 45.2. The lowest BCUT2D eigenvalue weighted by molar-refractivity contribution is -0.286. The maximum absolute atomic E-state index is 15.2. The van der Waals surface area contributed by atoms with E-state index in [9.17, 15) is 53.2 Å². The average Bonchev–Trinajstić information content (AvgIpc) is 1.57. The van der Waals surface area contributed by atoms with Gasteiger partial charge in [0.2, 0.25) is 43.1 Å². The number of aryl methyl sites for hydroxylation is 1. The van der Waals surface area contributed by atoms with Crippen molar-refractivity contribution in [3.63, 3.8) is 0 Å². The van der Waals surface area contributed by atoms with Crippen LogP contribution in [0.2, 0.25) is 0 Å². The average molecular weight is 2050 g/mol. The van der Waals surface area contributed by atoms with E-state index >= 15 is 4.39 Å². The number of aliphatic hydroxyl groups is 4. The van der Waals surface area contributed by atoms with E-state index < -0.39 is 63.8 Å². The number of anilines is 5. The highest BCUT2D eigenvalue weighted by Gasteiger charge is 2.56. The van der Waals surface area contributed by atoms with Gasteiger partial charge in [0.25, 0.3) is 0 Å². The van der Waals surface area contributed by atoms with Gasteiger partial charge >= 0.3 is 6.29 Å². The molecule has 0 bridgehead atoms. The van der Waals surface area contributed by atoms with Crippen LogP contribution in [-0.2, 0) is 79.3 Å². The van der Waals surface area contributed by atoms with E-state index in [1.165, 1.54) is 29.6 Å².